The van der Waals surface area contributed by atoms with Crippen molar-refractivity contribution in [2.24, 2.45) is 5.73 Å². The van der Waals surface area contributed by atoms with Crippen LogP contribution in [0.1, 0.15) is 33.8 Å². The van der Waals surface area contributed by atoms with Gasteiger partial charge < -0.3 is 20.5 Å². The lowest BCUT2D eigenvalue weighted by Gasteiger charge is -2.28. The summed E-state index contributed by atoms with van der Waals surface area (Å²) in [5.74, 6) is -7.41. The van der Waals surface area contributed by atoms with Crippen LogP contribution in [0.15, 0.2) is 28.7 Å². The molecule has 0 saturated carbocycles. The number of carbonyl (C=O) groups excluding carboxylic acids is 2. The van der Waals surface area contributed by atoms with Crippen molar-refractivity contribution in [3.05, 3.63) is 62.9 Å². The molecule has 0 aromatic heterocycles. The maximum atomic E-state index is 14.6. The number of nitrogens with two attached hydrogens (primary N) is 1. The quantitative estimate of drug-likeness (QED) is 0.355. The average molecular weight is 487 g/mol. The number of hydrogen-bond donors (Lipinski definition) is 2. The van der Waals surface area contributed by atoms with Gasteiger partial charge in [-0.1, -0.05) is 6.07 Å². The Labute approximate surface area is 178 Å². The van der Waals surface area contributed by atoms with Crippen molar-refractivity contribution in [2.45, 2.75) is 18.4 Å². The number of hydrogen-bond acceptors (Lipinski definition) is 5. The van der Waals surface area contributed by atoms with Gasteiger partial charge in [0.15, 0.2) is 11.6 Å². The Kier molecular flexibility index (Phi) is 6.67. The summed E-state index contributed by atoms with van der Waals surface area (Å²) in [6, 6.07) is 4.75. The van der Waals surface area contributed by atoms with E-state index in [-0.39, 0.29) is 22.9 Å². The van der Waals surface area contributed by atoms with Gasteiger partial charge in [-0.05, 0) is 46.1 Å². The molecule has 1 fully saturated rings. The van der Waals surface area contributed by atoms with E-state index in [1.807, 2.05) is 0 Å². The Morgan fingerprint density at radius 2 is 2.00 bits per heavy atom. The molecule has 2 atom stereocenters. The van der Waals surface area contributed by atoms with Crippen LogP contribution in [0.4, 0.5) is 18.9 Å². The standard InChI is InChI=1S/C20H18BrF3N2O4/c1-29-20(28)9-2-3-11(14(6-9)26-8-10-4-5-30-10)15(19(25)27)16-13(22)7-12(21)17(23)18(16)24/h2-3,6-7,10,15,26H,4-5,8H2,1H3,(H2,25,27)/t10-,15?/m0/s1. The predicted molar refractivity (Wildman–Crippen MR) is 106 cm³/mol. The molecule has 0 spiro atoms. The second-order valence-corrected chi connectivity index (χ2v) is 7.53. The average Bonchev–Trinajstić information content (AvgIpc) is 2.67. The van der Waals surface area contributed by atoms with Crippen LogP contribution in [-0.2, 0) is 14.3 Å². The van der Waals surface area contributed by atoms with Crippen LogP contribution in [-0.4, -0.2) is 38.2 Å². The van der Waals surface area contributed by atoms with Gasteiger partial charge >= 0.3 is 5.97 Å². The molecule has 1 unspecified atom stereocenters. The van der Waals surface area contributed by atoms with Crippen molar-refractivity contribution >= 4 is 33.5 Å². The number of carbonyl (C=O) groups is 2. The molecular formula is C20H18BrF3N2O4. The molecule has 1 heterocycles. The Hall–Kier alpha value is -2.59. The molecule has 2 aromatic rings. The van der Waals surface area contributed by atoms with Crippen molar-refractivity contribution in [1.82, 2.24) is 0 Å². The van der Waals surface area contributed by atoms with Crippen LogP contribution in [0.25, 0.3) is 0 Å². The summed E-state index contributed by atoms with van der Waals surface area (Å²) in [6.07, 6.45) is 0.713. The molecule has 3 N–H and O–H groups in total. The maximum Gasteiger partial charge on any atom is 0.337 e. The fourth-order valence-corrected chi connectivity index (χ4v) is 3.55. The Morgan fingerprint density at radius 1 is 1.30 bits per heavy atom. The highest BCUT2D eigenvalue weighted by Crippen LogP contribution is 2.37. The van der Waals surface area contributed by atoms with E-state index < -0.39 is 45.3 Å². The van der Waals surface area contributed by atoms with Gasteiger partial charge in [-0.2, -0.15) is 0 Å². The fourth-order valence-electron chi connectivity index (χ4n) is 3.17. The zero-order chi connectivity index (χ0) is 22.0. The molecular weight excluding hydrogens is 469 g/mol. The molecule has 10 heteroatoms. The zero-order valence-corrected chi connectivity index (χ0v) is 17.4. The van der Waals surface area contributed by atoms with Crippen LogP contribution in [0.5, 0.6) is 0 Å². The van der Waals surface area contributed by atoms with Gasteiger partial charge in [0.2, 0.25) is 5.91 Å². The van der Waals surface area contributed by atoms with Crippen molar-refractivity contribution in [3.63, 3.8) is 0 Å². The molecule has 0 radical (unpaired) electrons. The van der Waals surface area contributed by atoms with Crippen molar-refractivity contribution < 1.29 is 32.2 Å². The summed E-state index contributed by atoms with van der Waals surface area (Å²) in [6.45, 7) is 0.933. The lowest BCUT2D eigenvalue weighted by molar-refractivity contribution is -0.118. The first kappa shape index (κ1) is 22.1. The molecule has 2 aromatic carbocycles. The van der Waals surface area contributed by atoms with Gasteiger partial charge in [0.25, 0.3) is 0 Å². The predicted octanol–water partition coefficient (Wildman–Crippen LogP) is 3.47. The summed E-state index contributed by atoms with van der Waals surface area (Å²) in [5.41, 5.74) is 5.08. The normalized spacial score (nSPS) is 16.5. The molecule has 1 saturated heterocycles. The molecule has 1 aliphatic rings. The number of nitrogens with one attached hydrogen (secondary N) is 1. The third-order valence-corrected chi connectivity index (χ3v) is 5.40. The van der Waals surface area contributed by atoms with E-state index in [9.17, 15) is 22.8 Å². The van der Waals surface area contributed by atoms with E-state index in [2.05, 4.69) is 21.2 Å². The summed E-state index contributed by atoms with van der Waals surface area (Å²) < 4.78 is 52.9. The second-order valence-electron chi connectivity index (χ2n) is 6.67. The highest BCUT2D eigenvalue weighted by atomic mass is 79.9. The topological polar surface area (TPSA) is 90.7 Å². The number of primary amides is 1. The van der Waals surface area contributed by atoms with Gasteiger partial charge in [-0.25, -0.2) is 18.0 Å². The van der Waals surface area contributed by atoms with Crippen LogP contribution in [0.2, 0.25) is 0 Å². The van der Waals surface area contributed by atoms with Gasteiger partial charge in [-0.15, -0.1) is 0 Å². The molecule has 6 nitrogen and oxygen atoms in total. The monoisotopic (exact) mass is 486 g/mol. The minimum Gasteiger partial charge on any atom is -0.465 e. The fraction of sp³-hybridized carbons (Fsp3) is 0.300. The number of ether oxygens (including phenoxy) is 2. The summed E-state index contributed by atoms with van der Waals surface area (Å²) in [7, 11) is 1.20. The first-order valence-electron chi connectivity index (χ1n) is 8.94. The minimum atomic E-state index is -1.65. The molecule has 1 aliphatic heterocycles. The van der Waals surface area contributed by atoms with E-state index in [0.29, 0.717) is 13.2 Å². The molecule has 30 heavy (non-hydrogen) atoms. The zero-order valence-electron chi connectivity index (χ0n) is 15.8. The molecule has 1 amide bonds. The third kappa shape index (κ3) is 4.29. The van der Waals surface area contributed by atoms with E-state index in [4.69, 9.17) is 15.2 Å². The Bertz CT molecular complexity index is 999. The molecule has 160 valence electrons. The summed E-state index contributed by atoms with van der Waals surface area (Å²) in [5, 5.41) is 3.02. The van der Waals surface area contributed by atoms with Gasteiger partial charge in [-0.3, -0.25) is 4.79 Å². The van der Waals surface area contributed by atoms with E-state index in [1.165, 1.54) is 25.3 Å². The number of rotatable bonds is 7. The van der Waals surface area contributed by atoms with Crippen molar-refractivity contribution in [1.29, 1.82) is 0 Å². The molecule has 0 bridgehead atoms. The van der Waals surface area contributed by atoms with Gasteiger partial charge in [0.1, 0.15) is 5.82 Å². The lowest BCUT2D eigenvalue weighted by Crippen LogP contribution is -2.34. The van der Waals surface area contributed by atoms with Crippen LogP contribution >= 0.6 is 15.9 Å². The largest absolute Gasteiger partial charge is 0.465 e. The highest BCUT2D eigenvalue weighted by molar-refractivity contribution is 9.10. The number of anilines is 1. The third-order valence-electron chi connectivity index (χ3n) is 4.82. The van der Waals surface area contributed by atoms with Crippen LogP contribution < -0.4 is 11.1 Å². The van der Waals surface area contributed by atoms with Crippen LogP contribution in [0, 0.1) is 17.5 Å². The summed E-state index contributed by atoms with van der Waals surface area (Å²) >= 11 is 2.73. The Balaban J connectivity index is 2.13. The number of benzene rings is 2. The minimum absolute atomic E-state index is 0.0778. The van der Waals surface area contributed by atoms with Crippen molar-refractivity contribution in [2.75, 3.05) is 25.6 Å². The molecule has 3 rings (SSSR count). The molecule has 0 aliphatic carbocycles. The lowest BCUT2D eigenvalue weighted by atomic mass is 9.87. The first-order chi connectivity index (χ1) is 14.2. The van der Waals surface area contributed by atoms with E-state index in [0.717, 1.165) is 12.5 Å². The van der Waals surface area contributed by atoms with Gasteiger partial charge in [0.05, 0.1) is 29.2 Å². The number of methoxy groups -OCH3 is 1. The van der Waals surface area contributed by atoms with Gasteiger partial charge in [0, 0.05) is 24.4 Å². The van der Waals surface area contributed by atoms with Crippen molar-refractivity contribution in [3.8, 4) is 0 Å². The smallest absolute Gasteiger partial charge is 0.337 e. The Morgan fingerprint density at radius 3 is 2.57 bits per heavy atom. The van der Waals surface area contributed by atoms with Crippen LogP contribution in [0.3, 0.4) is 0 Å². The SMILES string of the molecule is COC(=O)c1ccc(C(C(N)=O)c2c(F)cc(Br)c(F)c2F)c(NC[C@@H]2CCO2)c1. The number of halogens is 4. The first-order valence-corrected chi connectivity index (χ1v) is 9.73. The maximum absolute atomic E-state index is 14.6. The number of amides is 1. The summed E-state index contributed by atoms with van der Waals surface area (Å²) in [4.78, 5) is 24.1. The van der Waals surface area contributed by atoms with E-state index >= 15 is 0 Å². The highest BCUT2D eigenvalue weighted by Gasteiger charge is 2.32. The number of esters is 1. The van der Waals surface area contributed by atoms with E-state index in [1.54, 1.807) is 0 Å². The second kappa shape index (κ2) is 9.05.